The summed E-state index contributed by atoms with van der Waals surface area (Å²) in [5, 5.41) is 3.37. The molecule has 0 radical (unpaired) electrons. The fourth-order valence-electron chi connectivity index (χ4n) is 1.61. The SMILES string of the molecule is C=CCCOc1cc(CNCCC)ccc1OC. The fourth-order valence-corrected chi connectivity index (χ4v) is 1.61. The molecule has 0 fully saturated rings. The molecule has 0 aliphatic heterocycles. The minimum atomic E-state index is 0.631. The second kappa shape index (κ2) is 8.59. The van der Waals surface area contributed by atoms with Gasteiger partial charge in [0.25, 0.3) is 0 Å². The lowest BCUT2D eigenvalue weighted by Crippen LogP contribution is -2.13. The molecule has 0 saturated heterocycles. The van der Waals surface area contributed by atoms with Crippen molar-refractivity contribution in [3.8, 4) is 11.5 Å². The fraction of sp³-hybridized carbons (Fsp3) is 0.467. The van der Waals surface area contributed by atoms with Gasteiger partial charge >= 0.3 is 0 Å². The van der Waals surface area contributed by atoms with E-state index < -0.39 is 0 Å². The van der Waals surface area contributed by atoms with E-state index in [1.807, 2.05) is 18.2 Å². The van der Waals surface area contributed by atoms with Gasteiger partial charge in [-0.1, -0.05) is 19.1 Å². The predicted molar refractivity (Wildman–Crippen MR) is 75.3 cm³/mol. The zero-order chi connectivity index (χ0) is 13.2. The van der Waals surface area contributed by atoms with Crippen molar-refractivity contribution in [2.24, 2.45) is 0 Å². The van der Waals surface area contributed by atoms with Crippen LogP contribution < -0.4 is 14.8 Å². The van der Waals surface area contributed by atoms with Crippen LogP contribution in [0.25, 0.3) is 0 Å². The summed E-state index contributed by atoms with van der Waals surface area (Å²) in [6.07, 6.45) is 3.82. The number of ether oxygens (including phenoxy) is 2. The van der Waals surface area contributed by atoms with Gasteiger partial charge < -0.3 is 14.8 Å². The van der Waals surface area contributed by atoms with Gasteiger partial charge in [-0.15, -0.1) is 6.58 Å². The molecule has 0 aliphatic rings. The summed E-state index contributed by atoms with van der Waals surface area (Å²) in [5.74, 6) is 1.58. The van der Waals surface area contributed by atoms with E-state index in [2.05, 4.69) is 24.9 Å². The van der Waals surface area contributed by atoms with Gasteiger partial charge in [0.1, 0.15) is 0 Å². The van der Waals surface area contributed by atoms with E-state index in [9.17, 15) is 0 Å². The second-order valence-electron chi connectivity index (χ2n) is 4.09. The van der Waals surface area contributed by atoms with Gasteiger partial charge in [-0.25, -0.2) is 0 Å². The van der Waals surface area contributed by atoms with Gasteiger partial charge in [-0.05, 0) is 37.1 Å². The van der Waals surface area contributed by atoms with Gasteiger partial charge in [0.05, 0.1) is 13.7 Å². The molecule has 0 atom stereocenters. The molecule has 1 aromatic rings. The molecule has 1 rings (SSSR count). The summed E-state index contributed by atoms with van der Waals surface area (Å²) in [6.45, 7) is 8.35. The van der Waals surface area contributed by atoms with E-state index in [0.717, 1.165) is 37.4 Å². The Morgan fingerprint density at radius 3 is 2.83 bits per heavy atom. The summed E-state index contributed by atoms with van der Waals surface area (Å²) in [5.41, 5.74) is 1.21. The van der Waals surface area contributed by atoms with Gasteiger partial charge in [-0.3, -0.25) is 0 Å². The molecule has 0 spiro atoms. The van der Waals surface area contributed by atoms with E-state index in [4.69, 9.17) is 9.47 Å². The van der Waals surface area contributed by atoms with Gasteiger partial charge in [0.15, 0.2) is 11.5 Å². The smallest absolute Gasteiger partial charge is 0.161 e. The van der Waals surface area contributed by atoms with E-state index in [0.29, 0.717) is 6.61 Å². The highest BCUT2D eigenvalue weighted by Gasteiger charge is 2.05. The molecule has 3 heteroatoms. The molecule has 1 aromatic carbocycles. The van der Waals surface area contributed by atoms with E-state index in [-0.39, 0.29) is 0 Å². The maximum atomic E-state index is 5.69. The van der Waals surface area contributed by atoms with Crippen molar-refractivity contribution in [2.75, 3.05) is 20.3 Å². The molecule has 0 saturated carbocycles. The third kappa shape index (κ3) is 4.80. The van der Waals surface area contributed by atoms with Crippen LogP contribution in [-0.4, -0.2) is 20.3 Å². The van der Waals surface area contributed by atoms with Crippen molar-refractivity contribution in [3.63, 3.8) is 0 Å². The Morgan fingerprint density at radius 1 is 1.33 bits per heavy atom. The van der Waals surface area contributed by atoms with Gasteiger partial charge in [0.2, 0.25) is 0 Å². The first kappa shape index (κ1) is 14.6. The lowest BCUT2D eigenvalue weighted by molar-refractivity contribution is 0.299. The summed E-state index contributed by atoms with van der Waals surface area (Å²) in [7, 11) is 1.66. The van der Waals surface area contributed by atoms with Crippen LogP contribution >= 0.6 is 0 Å². The molecular formula is C15H23NO2. The monoisotopic (exact) mass is 249 g/mol. The minimum absolute atomic E-state index is 0.631. The maximum Gasteiger partial charge on any atom is 0.161 e. The average molecular weight is 249 g/mol. The Balaban J connectivity index is 2.64. The van der Waals surface area contributed by atoms with Crippen LogP contribution in [0.4, 0.5) is 0 Å². The Bertz CT molecular complexity index is 364. The van der Waals surface area contributed by atoms with Crippen molar-refractivity contribution in [1.82, 2.24) is 5.32 Å². The van der Waals surface area contributed by atoms with E-state index in [1.165, 1.54) is 5.56 Å². The third-order valence-electron chi connectivity index (χ3n) is 2.56. The van der Waals surface area contributed by atoms with Crippen LogP contribution in [0.5, 0.6) is 11.5 Å². The van der Waals surface area contributed by atoms with Crippen molar-refractivity contribution in [2.45, 2.75) is 26.3 Å². The first-order valence-corrected chi connectivity index (χ1v) is 6.43. The Hall–Kier alpha value is -1.48. The lowest BCUT2D eigenvalue weighted by Gasteiger charge is -2.12. The Morgan fingerprint density at radius 2 is 2.17 bits per heavy atom. The molecule has 0 aromatic heterocycles. The number of nitrogens with one attached hydrogen (secondary N) is 1. The second-order valence-corrected chi connectivity index (χ2v) is 4.09. The van der Waals surface area contributed by atoms with Gasteiger partial charge in [0, 0.05) is 6.54 Å². The molecule has 18 heavy (non-hydrogen) atoms. The topological polar surface area (TPSA) is 30.5 Å². The zero-order valence-electron chi connectivity index (χ0n) is 11.4. The normalized spacial score (nSPS) is 10.1. The molecule has 0 heterocycles. The molecule has 3 nitrogen and oxygen atoms in total. The van der Waals surface area contributed by atoms with Crippen LogP contribution in [0.2, 0.25) is 0 Å². The Kier molecular flexibility index (Phi) is 6.96. The predicted octanol–water partition coefficient (Wildman–Crippen LogP) is 3.15. The first-order chi connectivity index (χ1) is 8.81. The summed E-state index contributed by atoms with van der Waals surface area (Å²) >= 11 is 0. The van der Waals surface area contributed by atoms with Crippen molar-refractivity contribution in [1.29, 1.82) is 0 Å². The van der Waals surface area contributed by atoms with Crippen LogP contribution in [-0.2, 0) is 6.54 Å². The number of methoxy groups -OCH3 is 1. The summed E-state index contributed by atoms with van der Waals surface area (Å²) in [4.78, 5) is 0. The lowest BCUT2D eigenvalue weighted by atomic mass is 10.2. The number of rotatable bonds is 9. The quantitative estimate of drug-likeness (QED) is 0.538. The maximum absolute atomic E-state index is 5.69. The number of benzene rings is 1. The zero-order valence-corrected chi connectivity index (χ0v) is 11.4. The van der Waals surface area contributed by atoms with Crippen LogP contribution in [0, 0.1) is 0 Å². The standard InChI is InChI=1S/C15H23NO2/c1-4-6-10-18-15-11-13(12-16-9-5-2)7-8-14(15)17-3/h4,7-8,11,16H,1,5-6,9-10,12H2,2-3H3. The molecule has 0 unspecified atom stereocenters. The van der Waals surface area contributed by atoms with Gasteiger partial charge in [-0.2, -0.15) is 0 Å². The van der Waals surface area contributed by atoms with E-state index in [1.54, 1.807) is 7.11 Å². The minimum Gasteiger partial charge on any atom is -0.493 e. The van der Waals surface area contributed by atoms with Crippen LogP contribution in [0.15, 0.2) is 30.9 Å². The van der Waals surface area contributed by atoms with Crippen molar-refractivity contribution in [3.05, 3.63) is 36.4 Å². The van der Waals surface area contributed by atoms with E-state index >= 15 is 0 Å². The van der Waals surface area contributed by atoms with Crippen molar-refractivity contribution < 1.29 is 9.47 Å². The molecule has 100 valence electrons. The largest absolute Gasteiger partial charge is 0.493 e. The molecular weight excluding hydrogens is 226 g/mol. The van der Waals surface area contributed by atoms with Crippen LogP contribution in [0.3, 0.4) is 0 Å². The summed E-state index contributed by atoms with van der Waals surface area (Å²) in [6, 6.07) is 6.04. The number of hydrogen-bond donors (Lipinski definition) is 1. The molecule has 0 aliphatic carbocycles. The highest BCUT2D eigenvalue weighted by Crippen LogP contribution is 2.28. The molecule has 1 N–H and O–H groups in total. The highest BCUT2D eigenvalue weighted by molar-refractivity contribution is 5.42. The third-order valence-corrected chi connectivity index (χ3v) is 2.56. The highest BCUT2D eigenvalue weighted by atomic mass is 16.5. The average Bonchev–Trinajstić information content (AvgIpc) is 2.40. The molecule has 0 amide bonds. The van der Waals surface area contributed by atoms with Crippen LogP contribution in [0.1, 0.15) is 25.3 Å². The Labute approximate surface area is 110 Å². The molecule has 0 bridgehead atoms. The van der Waals surface area contributed by atoms with Crippen molar-refractivity contribution >= 4 is 0 Å². The first-order valence-electron chi connectivity index (χ1n) is 6.43. The number of hydrogen-bond acceptors (Lipinski definition) is 3. The summed E-state index contributed by atoms with van der Waals surface area (Å²) < 4.78 is 11.0.